The summed E-state index contributed by atoms with van der Waals surface area (Å²) in [6, 6.07) is 23.8. The minimum Gasteiger partial charge on any atom is -0.477 e. The van der Waals surface area contributed by atoms with E-state index in [0.717, 1.165) is 5.56 Å². The van der Waals surface area contributed by atoms with Crippen LogP contribution in [0, 0.1) is 0 Å². The number of para-hydroxylation sites is 2. The third-order valence-electron chi connectivity index (χ3n) is 4.15. The van der Waals surface area contributed by atoms with Crippen LogP contribution in [0.2, 0.25) is 5.02 Å². The van der Waals surface area contributed by atoms with Crippen LogP contribution in [0.1, 0.15) is 22.0 Å². The first kappa shape index (κ1) is 15.7. The standard InChI is InChI=1S/C21H15ClO3/c22-16-12-10-15(11-13-16)20-21(19(23)14-6-2-1-3-7-14)25-18-9-5-4-8-17(18)24-20/h1-13,20-21H. The number of hydrogen-bond acceptors (Lipinski definition) is 3. The molecule has 0 saturated heterocycles. The molecule has 3 aromatic rings. The van der Waals surface area contributed by atoms with Gasteiger partial charge in [-0.05, 0) is 29.8 Å². The summed E-state index contributed by atoms with van der Waals surface area (Å²) in [7, 11) is 0. The minimum atomic E-state index is -0.765. The molecule has 2 unspecified atom stereocenters. The molecule has 0 aliphatic carbocycles. The number of rotatable bonds is 3. The molecule has 0 saturated carbocycles. The van der Waals surface area contributed by atoms with E-state index in [1.165, 1.54) is 0 Å². The molecule has 3 nitrogen and oxygen atoms in total. The fourth-order valence-corrected chi connectivity index (χ4v) is 3.02. The summed E-state index contributed by atoms with van der Waals surface area (Å²) in [4.78, 5) is 13.0. The Kier molecular flexibility index (Phi) is 4.16. The maximum atomic E-state index is 13.0. The molecule has 1 heterocycles. The highest BCUT2D eigenvalue weighted by atomic mass is 35.5. The van der Waals surface area contributed by atoms with Crippen LogP contribution in [0.4, 0.5) is 0 Å². The molecule has 4 heteroatoms. The van der Waals surface area contributed by atoms with Gasteiger partial charge in [0.1, 0.15) is 0 Å². The van der Waals surface area contributed by atoms with Crippen molar-refractivity contribution in [3.8, 4) is 11.5 Å². The van der Waals surface area contributed by atoms with E-state index in [0.29, 0.717) is 22.1 Å². The summed E-state index contributed by atoms with van der Waals surface area (Å²) in [6.45, 7) is 0. The number of benzene rings is 3. The van der Waals surface area contributed by atoms with Gasteiger partial charge >= 0.3 is 0 Å². The number of carbonyl (C=O) groups excluding carboxylic acids is 1. The van der Waals surface area contributed by atoms with Gasteiger partial charge in [0.05, 0.1) is 0 Å². The molecule has 25 heavy (non-hydrogen) atoms. The van der Waals surface area contributed by atoms with Crippen molar-refractivity contribution in [2.24, 2.45) is 0 Å². The molecule has 2 atom stereocenters. The molecular weight excluding hydrogens is 336 g/mol. The van der Waals surface area contributed by atoms with Gasteiger partial charge in [-0.2, -0.15) is 0 Å². The lowest BCUT2D eigenvalue weighted by molar-refractivity contribution is 0.0210. The van der Waals surface area contributed by atoms with Crippen molar-refractivity contribution < 1.29 is 14.3 Å². The SMILES string of the molecule is O=C(c1ccccc1)C1Oc2ccccc2OC1c1ccc(Cl)cc1. The highest BCUT2D eigenvalue weighted by molar-refractivity contribution is 6.30. The van der Waals surface area contributed by atoms with Crippen LogP contribution in [-0.2, 0) is 0 Å². The Morgan fingerprint density at radius 3 is 2.04 bits per heavy atom. The van der Waals surface area contributed by atoms with Crippen molar-refractivity contribution in [2.45, 2.75) is 12.2 Å². The summed E-state index contributed by atoms with van der Waals surface area (Å²) in [5.41, 5.74) is 1.43. The number of halogens is 1. The topological polar surface area (TPSA) is 35.5 Å². The maximum absolute atomic E-state index is 13.0. The molecule has 0 amide bonds. The average molecular weight is 351 g/mol. The number of ketones is 1. The van der Waals surface area contributed by atoms with E-state index in [1.54, 1.807) is 30.3 Å². The molecule has 1 aliphatic heterocycles. The van der Waals surface area contributed by atoms with Gasteiger partial charge in [-0.3, -0.25) is 4.79 Å². The van der Waals surface area contributed by atoms with Crippen molar-refractivity contribution in [3.05, 3.63) is 95.0 Å². The third-order valence-corrected chi connectivity index (χ3v) is 4.40. The zero-order chi connectivity index (χ0) is 17.2. The first-order valence-electron chi connectivity index (χ1n) is 7.99. The summed E-state index contributed by atoms with van der Waals surface area (Å²) < 4.78 is 12.2. The zero-order valence-electron chi connectivity index (χ0n) is 13.3. The van der Waals surface area contributed by atoms with Crippen LogP contribution in [0.15, 0.2) is 78.9 Å². The largest absolute Gasteiger partial charge is 0.477 e. The number of Topliss-reactive ketones (excluding diaryl/α,β-unsaturated/α-hetero) is 1. The van der Waals surface area contributed by atoms with Gasteiger partial charge in [-0.15, -0.1) is 0 Å². The van der Waals surface area contributed by atoms with Crippen molar-refractivity contribution >= 4 is 17.4 Å². The number of hydrogen-bond donors (Lipinski definition) is 0. The molecular formula is C21H15ClO3. The van der Waals surface area contributed by atoms with Crippen molar-refractivity contribution in [3.63, 3.8) is 0 Å². The predicted octanol–water partition coefficient (Wildman–Crippen LogP) is 5.10. The van der Waals surface area contributed by atoms with E-state index in [-0.39, 0.29) is 5.78 Å². The van der Waals surface area contributed by atoms with E-state index in [1.807, 2.05) is 48.5 Å². The average Bonchev–Trinajstić information content (AvgIpc) is 2.68. The lowest BCUT2D eigenvalue weighted by Gasteiger charge is -2.33. The van der Waals surface area contributed by atoms with Gasteiger partial charge in [0.25, 0.3) is 0 Å². The smallest absolute Gasteiger partial charge is 0.207 e. The van der Waals surface area contributed by atoms with E-state index in [2.05, 4.69) is 0 Å². The van der Waals surface area contributed by atoms with Crippen molar-refractivity contribution in [1.82, 2.24) is 0 Å². The number of fused-ring (bicyclic) bond motifs is 1. The maximum Gasteiger partial charge on any atom is 0.207 e. The fraction of sp³-hybridized carbons (Fsp3) is 0.0952. The van der Waals surface area contributed by atoms with E-state index < -0.39 is 12.2 Å². The van der Waals surface area contributed by atoms with Crippen LogP contribution >= 0.6 is 11.6 Å². The quantitative estimate of drug-likeness (QED) is 0.616. The summed E-state index contributed by atoms with van der Waals surface area (Å²) in [5.74, 6) is 1.08. The Bertz CT molecular complexity index is 891. The van der Waals surface area contributed by atoms with Crippen LogP contribution in [0.5, 0.6) is 11.5 Å². The second-order valence-corrected chi connectivity index (χ2v) is 6.24. The second kappa shape index (κ2) is 6.61. The molecule has 124 valence electrons. The Hall–Kier alpha value is -2.78. The molecule has 4 rings (SSSR count). The molecule has 0 radical (unpaired) electrons. The van der Waals surface area contributed by atoms with Gasteiger partial charge in [0, 0.05) is 10.6 Å². The summed E-state index contributed by atoms with van der Waals surface area (Å²) >= 11 is 5.99. The summed E-state index contributed by atoms with van der Waals surface area (Å²) in [6.07, 6.45) is -1.31. The molecule has 0 fully saturated rings. The van der Waals surface area contributed by atoms with E-state index in [4.69, 9.17) is 21.1 Å². The Morgan fingerprint density at radius 1 is 0.760 bits per heavy atom. The minimum absolute atomic E-state index is 0.116. The van der Waals surface area contributed by atoms with Gasteiger partial charge in [0.15, 0.2) is 17.6 Å². The number of carbonyl (C=O) groups is 1. The van der Waals surface area contributed by atoms with Gasteiger partial charge < -0.3 is 9.47 Å². The van der Waals surface area contributed by atoms with Crippen LogP contribution in [0.25, 0.3) is 0 Å². The summed E-state index contributed by atoms with van der Waals surface area (Å²) in [5, 5.41) is 0.631. The highest BCUT2D eigenvalue weighted by Crippen LogP contribution is 2.40. The second-order valence-electron chi connectivity index (χ2n) is 5.81. The monoisotopic (exact) mass is 350 g/mol. The van der Waals surface area contributed by atoms with E-state index >= 15 is 0 Å². The molecule has 3 aromatic carbocycles. The lowest BCUT2D eigenvalue weighted by Crippen LogP contribution is -2.39. The normalized spacial score (nSPS) is 18.6. The van der Waals surface area contributed by atoms with Gasteiger partial charge in [-0.1, -0.05) is 66.2 Å². The van der Waals surface area contributed by atoms with E-state index in [9.17, 15) is 4.79 Å². The van der Waals surface area contributed by atoms with Crippen LogP contribution in [0.3, 0.4) is 0 Å². The fourth-order valence-electron chi connectivity index (χ4n) is 2.90. The first-order chi connectivity index (χ1) is 12.2. The first-order valence-corrected chi connectivity index (χ1v) is 8.37. The molecule has 0 bridgehead atoms. The Balaban J connectivity index is 1.75. The Labute approximate surface area is 150 Å². The Morgan fingerprint density at radius 2 is 1.36 bits per heavy atom. The predicted molar refractivity (Wildman–Crippen MR) is 96.5 cm³/mol. The van der Waals surface area contributed by atoms with Gasteiger partial charge in [0.2, 0.25) is 11.9 Å². The molecule has 0 spiro atoms. The molecule has 0 N–H and O–H groups in total. The number of ether oxygens (including phenoxy) is 2. The third kappa shape index (κ3) is 3.11. The highest BCUT2D eigenvalue weighted by Gasteiger charge is 2.38. The van der Waals surface area contributed by atoms with Crippen LogP contribution in [-0.4, -0.2) is 11.9 Å². The van der Waals surface area contributed by atoms with Crippen molar-refractivity contribution in [2.75, 3.05) is 0 Å². The van der Waals surface area contributed by atoms with Crippen molar-refractivity contribution in [1.29, 1.82) is 0 Å². The molecule has 1 aliphatic rings. The molecule has 0 aromatic heterocycles. The van der Waals surface area contributed by atoms with Crippen LogP contribution < -0.4 is 9.47 Å². The zero-order valence-corrected chi connectivity index (χ0v) is 14.0. The lowest BCUT2D eigenvalue weighted by atomic mass is 9.96. The van der Waals surface area contributed by atoms with Gasteiger partial charge in [-0.25, -0.2) is 0 Å².